The van der Waals surface area contributed by atoms with Gasteiger partial charge in [-0.25, -0.2) is 9.50 Å². The van der Waals surface area contributed by atoms with E-state index in [9.17, 15) is 0 Å². The van der Waals surface area contributed by atoms with Gasteiger partial charge in [-0.1, -0.05) is 13.8 Å². The molecule has 3 heterocycles. The summed E-state index contributed by atoms with van der Waals surface area (Å²) in [5.74, 6) is 2.25. The molecule has 1 fully saturated rings. The molecular formula is C17H24N4O. The quantitative estimate of drug-likeness (QED) is 0.809. The Kier molecular flexibility index (Phi) is 2.75. The third-order valence-electron chi connectivity index (χ3n) is 4.83. The van der Waals surface area contributed by atoms with E-state index in [1.54, 1.807) is 0 Å². The van der Waals surface area contributed by atoms with E-state index in [0.29, 0.717) is 18.1 Å². The van der Waals surface area contributed by atoms with E-state index < -0.39 is 0 Å². The van der Waals surface area contributed by atoms with Gasteiger partial charge in [0, 0.05) is 11.1 Å². The van der Waals surface area contributed by atoms with E-state index in [1.807, 2.05) is 16.9 Å². The third kappa shape index (κ3) is 1.84. The first kappa shape index (κ1) is 13.9. The summed E-state index contributed by atoms with van der Waals surface area (Å²) in [7, 11) is 0. The van der Waals surface area contributed by atoms with Crippen LogP contribution in [-0.2, 0) is 0 Å². The lowest BCUT2D eigenvalue weighted by molar-refractivity contribution is 0.0617. The maximum atomic E-state index is 6.17. The number of fused-ring (bicyclic) bond motifs is 3. The highest BCUT2D eigenvalue weighted by atomic mass is 16.5. The van der Waals surface area contributed by atoms with Crippen LogP contribution in [0.4, 0.5) is 5.82 Å². The van der Waals surface area contributed by atoms with Gasteiger partial charge >= 0.3 is 0 Å². The van der Waals surface area contributed by atoms with Gasteiger partial charge in [0.25, 0.3) is 0 Å². The Balaban J connectivity index is 1.92. The lowest BCUT2D eigenvalue weighted by atomic mass is 9.83. The normalized spacial score (nSPS) is 24.0. The minimum atomic E-state index is 0.0330. The van der Waals surface area contributed by atoms with Crippen LogP contribution in [-0.4, -0.2) is 32.3 Å². The van der Waals surface area contributed by atoms with Crippen LogP contribution in [0.1, 0.15) is 58.9 Å². The maximum absolute atomic E-state index is 6.17. The van der Waals surface area contributed by atoms with Crippen LogP contribution in [0, 0.1) is 0 Å². The molecule has 0 radical (unpaired) electrons. The molecule has 0 amide bonds. The highest BCUT2D eigenvalue weighted by Gasteiger charge is 2.47. The molecule has 2 atom stereocenters. The second kappa shape index (κ2) is 4.37. The fourth-order valence-electron chi connectivity index (χ4n) is 3.59. The molecule has 0 bridgehead atoms. The number of hydrogen-bond acceptors (Lipinski definition) is 4. The van der Waals surface area contributed by atoms with Crippen molar-refractivity contribution in [2.45, 2.75) is 71.1 Å². The molecule has 118 valence electrons. The van der Waals surface area contributed by atoms with Gasteiger partial charge in [-0.2, -0.15) is 5.10 Å². The molecule has 5 nitrogen and oxygen atoms in total. The molecule has 2 aromatic heterocycles. The summed E-state index contributed by atoms with van der Waals surface area (Å²) in [6.07, 6.45) is 6.53. The van der Waals surface area contributed by atoms with Crippen molar-refractivity contribution in [2.24, 2.45) is 0 Å². The summed E-state index contributed by atoms with van der Waals surface area (Å²) < 4.78 is 8.02. The van der Waals surface area contributed by atoms with E-state index in [1.165, 1.54) is 12.0 Å². The monoisotopic (exact) mass is 300 g/mol. The summed E-state index contributed by atoms with van der Waals surface area (Å²) in [6, 6.07) is 0.452. The lowest BCUT2D eigenvalue weighted by Gasteiger charge is -2.53. The summed E-state index contributed by atoms with van der Waals surface area (Å²) in [6.45, 7) is 11.1. The first-order valence-corrected chi connectivity index (χ1v) is 8.20. The molecule has 1 saturated carbocycles. The van der Waals surface area contributed by atoms with Crippen molar-refractivity contribution < 1.29 is 4.74 Å². The first-order valence-electron chi connectivity index (χ1n) is 8.20. The Morgan fingerprint density at radius 1 is 1.27 bits per heavy atom. The van der Waals surface area contributed by atoms with Crippen molar-refractivity contribution >= 4 is 11.5 Å². The molecule has 1 aliphatic heterocycles. The van der Waals surface area contributed by atoms with Gasteiger partial charge in [0.1, 0.15) is 6.10 Å². The van der Waals surface area contributed by atoms with Crippen LogP contribution in [0.15, 0.2) is 12.4 Å². The van der Waals surface area contributed by atoms with Gasteiger partial charge in [-0.3, -0.25) is 0 Å². The Morgan fingerprint density at radius 2 is 2.05 bits per heavy atom. The SMILES string of the molecule is CC(C)c1cnn2cc3c(nc12)N(C(C)(C)C)[C@H]1CC[C@@H]1O3. The molecule has 0 spiro atoms. The topological polar surface area (TPSA) is 42.7 Å². The molecule has 0 saturated heterocycles. The number of ether oxygens (including phenoxy) is 1. The Hall–Kier alpha value is -1.78. The van der Waals surface area contributed by atoms with Gasteiger partial charge in [0.15, 0.2) is 17.2 Å². The third-order valence-corrected chi connectivity index (χ3v) is 4.83. The molecule has 4 rings (SSSR count). The number of rotatable bonds is 1. The van der Waals surface area contributed by atoms with Crippen LogP contribution in [0.5, 0.6) is 5.75 Å². The van der Waals surface area contributed by atoms with Crippen LogP contribution < -0.4 is 9.64 Å². The predicted molar refractivity (Wildman–Crippen MR) is 86.7 cm³/mol. The number of anilines is 1. The second-order valence-electron chi connectivity index (χ2n) is 7.79. The fourth-order valence-corrected chi connectivity index (χ4v) is 3.59. The number of hydrogen-bond donors (Lipinski definition) is 0. The molecule has 2 aliphatic rings. The molecular weight excluding hydrogens is 276 g/mol. The standard InChI is InChI=1S/C17H24N4O/c1-10(2)11-8-18-20-9-14-16(19-15(11)20)21(17(3,4)5)12-6-7-13(12)22-14/h8-10,12-13H,6-7H2,1-5H3/t12-,13-/m0/s1. The van der Waals surface area contributed by atoms with Crippen LogP contribution in [0.3, 0.4) is 0 Å². The second-order valence-corrected chi connectivity index (χ2v) is 7.79. The highest BCUT2D eigenvalue weighted by molar-refractivity contribution is 5.63. The van der Waals surface area contributed by atoms with Gasteiger partial charge in [0.2, 0.25) is 0 Å². The van der Waals surface area contributed by atoms with Crippen molar-refractivity contribution in [3.8, 4) is 5.75 Å². The van der Waals surface area contributed by atoms with Crippen molar-refractivity contribution in [2.75, 3.05) is 4.90 Å². The largest absolute Gasteiger partial charge is 0.483 e. The zero-order valence-corrected chi connectivity index (χ0v) is 14.0. The molecule has 0 aromatic carbocycles. The van der Waals surface area contributed by atoms with Crippen LogP contribution >= 0.6 is 0 Å². The Morgan fingerprint density at radius 3 is 2.64 bits per heavy atom. The van der Waals surface area contributed by atoms with E-state index in [4.69, 9.17) is 9.72 Å². The van der Waals surface area contributed by atoms with Gasteiger partial charge in [-0.05, 0) is 39.5 Å². The molecule has 0 N–H and O–H groups in total. The maximum Gasteiger partial charge on any atom is 0.180 e. The number of nitrogens with zero attached hydrogens (tertiary/aromatic N) is 4. The zero-order valence-electron chi connectivity index (χ0n) is 14.0. The van der Waals surface area contributed by atoms with E-state index >= 15 is 0 Å². The summed E-state index contributed by atoms with van der Waals surface area (Å²) >= 11 is 0. The zero-order chi connectivity index (χ0) is 15.6. The van der Waals surface area contributed by atoms with E-state index in [-0.39, 0.29) is 5.54 Å². The Bertz CT molecular complexity index is 728. The van der Waals surface area contributed by atoms with Crippen molar-refractivity contribution in [1.29, 1.82) is 0 Å². The summed E-state index contributed by atoms with van der Waals surface area (Å²) in [5.41, 5.74) is 2.17. The first-order chi connectivity index (χ1) is 10.4. The fraction of sp³-hybridized carbons (Fsp3) is 0.647. The molecule has 22 heavy (non-hydrogen) atoms. The van der Waals surface area contributed by atoms with Crippen molar-refractivity contribution in [3.63, 3.8) is 0 Å². The van der Waals surface area contributed by atoms with Gasteiger partial charge in [-0.15, -0.1) is 0 Å². The van der Waals surface area contributed by atoms with E-state index in [2.05, 4.69) is 44.6 Å². The van der Waals surface area contributed by atoms with Gasteiger partial charge < -0.3 is 9.64 Å². The van der Waals surface area contributed by atoms with Gasteiger partial charge in [0.05, 0.1) is 18.4 Å². The highest BCUT2D eigenvalue weighted by Crippen LogP contribution is 2.45. The summed E-state index contributed by atoms with van der Waals surface area (Å²) in [4.78, 5) is 7.42. The average Bonchev–Trinajstić information content (AvgIpc) is 2.80. The van der Waals surface area contributed by atoms with E-state index in [0.717, 1.165) is 23.6 Å². The molecule has 1 aliphatic carbocycles. The Labute approximate surface area is 131 Å². The number of aromatic nitrogens is 3. The average molecular weight is 300 g/mol. The van der Waals surface area contributed by atoms with Crippen molar-refractivity contribution in [1.82, 2.24) is 14.6 Å². The van der Waals surface area contributed by atoms with Crippen LogP contribution in [0.2, 0.25) is 0 Å². The smallest absolute Gasteiger partial charge is 0.180 e. The molecule has 0 unspecified atom stereocenters. The van der Waals surface area contributed by atoms with Crippen molar-refractivity contribution in [3.05, 3.63) is 18.0 Å². The predicted octanol–water partition coefficient (Wildman–Crippen LogP) is 3.38. The minimum Gasteiger partial charge on any atom is -0.483 e. The minimum absolute atomic E-state index is 0.0330. The molecule has 5 heteroatoms. The summed E-state index contributed by atoms with van der Waals surface area (Å²) in [5, 5.41) is 4.45. The lowest BCUT2D eigenvalue weighted by Crippen LogP contribution is -2.62. The molecule has 2 aromatic rings. The van der Waals surface area contributed by atoms with Crippen LogP contribution in [0.25, 0.3) is 5.65 Å².